The largest absolute Gasteiger partial charge is 0.490 e. The summed E-state index contributed by atoms with van der Waals surface area (Å²) < 4.78 is 42.6. The molecule has 0 spiro atoms. The Morgan fingerprint density at radius 3 is 2.73 bits per heavy atom. The Morgan fingerprint density at radius 2 is 2.13 bits per heavy atom. The molecule has 82 valence electrons. The Balaban J connectivity index is 2.30. The molecule has 0 fully saturated rings. The van der Waals surface area contributed by atoms with Crippen molar-refractivity contribution in [2.75, 3.05) is 0 Å². The Kier molecular flexibility index (Phi) is 2.37. The second-order valence-electron chi connectivity index (χ2n) is 3.67. The molecule has 0 radical (unpaired) electrons. The molecule has 0 amide bonds. The number of hydrogen-bond donors (Lipinski definition) is 0. The number of halogens is 3. The third-order valence-electron chi connectivity index (χ3n) is 2.58. The van der Waals surface area contributed by atoms with Gasteiger partial charge in [0.15, 0.2) is 0 Å². The predicted molar refractivity (Wildman–Crippen MR) is 49.9 cm³/mol. The minimum Gasteiger partial charge on any atom is -0.490 e. The summed E-state index contributed by atoms with van der Waals surface area (Å²) in [6.07, 6.45) is -2.84. The zero-order valence-electron chi connectivity index (χ0n) is 8.27. The van der Waals surface area contributed by atoms with Crippen LogP contribution in [0.2, 0.25) is 0 Å². The topological polar surface area (TPSA) is 9.23 Å². The molecule has 0 saturated heterocycles. The zero-order valence-corrected chi connectivity index (χ0v) is 8.27. The molecule has 0 aliphatic carbocycles. The van der Waals surface area contributed by atoms with Gasteiger partial charge >= 0.3 is 6.18 Å². The standard InChI is InChI=1S/C11H11F3O/c1-2-9-6-7-5-8(11(12,13)14)3-4-10(7)15-9/h3-5,9H,2,6H2,1H3. The van der Waals surface area contributed by atoms with E-state index in [4.69, 9.17) is 4.74 Å². The fraction of sp³-hybridized carbons (Fsp3) is 0.455. The first-order valence-corrected chi connectivity index (χ1v) is 4.87. The van der Waals surface area contributed by atoms with Gasteiger partial charge in [0.25, 0.3) is 0 Å². The van der Waals surface area contributed by atoms with Crippen LogP contribution in [0.25, 0.3) is 0 Å². The van der Waals surface area contributed by atoms with E-state index in [1.807, 2.05) is 6.92 Å². The molecule has 1 atom stereocenters. The lowest BCUT2D eigenvalue weighted by Gasteiger charge is -2.07. The highest BCUT2D eigenvalue weighted by Crippen LogP contribution is 2.36. The van der Waals surface area contributed by atoms with E-state index in [2.05, 4.69) is 0 Å². The van der Waals surface area contributed by atoms with Gasteiger partial charge in [-0.1, -0.05) is 6.92 Å². The molecule has 0 aromatic heterocycles. The maximum Gasteiger partial charge on any atom is 0.416 e. The van der Waals surface area contributed by atoms with Crippen molar-refractivity contribution in [2.45, 2.75) is 32.0 Å². The number of hydrogen-bond acceptors (Lipinski definition) is 1. The Morgan fingerprint density at radius 1 is 1.40 bits per heavy atom. The SMILES string of the molecule is CCC1Cc2cc(C(F)(F)F)ccc2O1. The van der Waals surface area contributed by atoms with Crippen molar-refractivity contribution in [3.63, 3.8) is 0 Å². The lowest BCUT2D eigenvalue weighted by molar-refractivity contribution is -0.137. The maximum atomic E-state index is 12.4. The van der Waals surface area contributed by atoms with Crippen molar-refractivity contribution in [3.8, 4) is 5.75 Å². The number of fused-ring (bicyclic) bond motifs is 1. The molecule has 1 aromatic carbocycles. The smallest absolute Gasteiger partial charge is 0.416 e. The summed E-state index contributed by atoms with van der Waals surface area (Å²) in [5.74, 6) is 0.592. The van der Waals surface area contributed by atoms with E-state index in [1.54, 1.807) is 0 Å². The average molecular weight is 216 g/mol. The van der Waals surface area contributed by atoms with Crippen molar-refractivity contribution in [3.05, 3.63) is 29.3 Å². The minimum absolute atomic E-state index is 0.0310. The summed E-state index contributed by atoms with van der Waals surface area (Å²) in [5.41, 5.74) is 0.0679. The van der Waals surface area contributed by atoms with E-state index in [9.17, 15) is 13.2 Å². The van der Waals surface area contributed by atoms with Crippen molar-refractivity contribution >= 4 is 0 Å². The van der Waals surface area contributed by atoms with Crippen LogP contribution in [-0.2, 0) is 12.6 Å². The summed E-state index contributed by atoms with van der Waals surface area (Å²) in [5, 5.41) is 0. The molecule has 0 N–H and O–H groups in total. The summed E-state index contributed by atoms with van der Waals surface area (Å²) in [4.78, 5) is 0. The van der Waals surface area contributed by atoms with Gasteiger partial charge in [0.05, 0.1) is 5.56 Å². The summed E-state index contributed by atoms with van der Waals surface area (Å²) in [6.45, 7) is 1.96. The first kappa shape index (κ1) is 10.3. The zero-order chi connectivity index (χ0) is 11.1. The van der Waals surface area contributed by atoms with E-state index in [0.29, 0.717) is 17.7 Å². The lowest BCUT2D eigenvalue weighted by Crippen LogP contribution is -2.10. The number of rotatable bonds is 1. The average Bonchev–Trinajstić information content (AvgIpc) is 2.57. The van der Waals surface area contributed by atoms with Gasteiger partial charge < -0.3 is 4.74 Å². The van der Waals surface area contributed by atoms with Crippen LogP contribution in [0, 0.1) is 0 Å². The third kappa shape index (κ3) is 1.94. The molecule has 4 heteroatoms. The third-order valence-corrected chi connectivity index (χ3v) is 2.58. The quantitative estimate of drug-likeness (QED) is 0.698. The van der Waals surface area contributed by atoms with E-state index in [1.165, 1.54) is 12.1 Å². The molecule has 15 heavy (non-hydrogen) atoms. The monoisotopic (exact) mass is 216 g/mol. The van der Waals surface area contributed by atoms with Gasteiger partial charge in [-0.15, -0.1) is 0 Å². The van der Waals surface area contributed by atoms with Gasteiger partial charge in [0.2, 0.25) is 0 Å². The second-order valence-corrected chi connectivity index (χ2v) is 3.67. The van der Waals surface area contributed by atoms with Crippen molar-refractivity contribution < 1.29 is 17.9 Å². The van der Waals surface area contributed by atoms with Crippen molar-refractivity contribution in [1.82, 2.24) is 0 Å². The van der Waals surface area contributed by atoms with Crippen LogP contribution in [0.5, 0.6) is 5.75 Å². The Hall–Kier alpha value is -1.19. The fourth-order valence-electron chi connectivity index (χ4n) is 1.72. The highest BCUT2D eigenvalue weighted by molar-refractivity contribution is 5.41. The van der Waals surface area contributed by atoms with Gasteiger partial charge in [-0.25, -0.2) is 0 Å². The van der Waals surface area contributed by atoms with Gasteiger partial charge in [-0.3, -0.25) is 0 Å². The molecule has 2 rings (SSSR count). The molecule has 1 aliphatic heterocycles. The molecule has 0 saturated carbocycles. The fourth-order valence-corrected chi connectivity index (χ4v) is 1.72. The van der Waals surface area contributed by atoms with Crippen molar-refractivity contribution in [1.29, 1.82) is 0 Å². The Labute approximate surface area is 85.9 Å². The summed E-state index contributed by atoms with van der Waals surface area (Å²) in [6, 6.07) is 3.66. The molecule has 1 aromatic rings. The first-order valence-electron chi connectivity index (χ1n) is 4.87. The second kappa shape index (κ2) is 3.43. The van der Waals surface area contributed by atoms with Crippen LogP contribution in [0.15, 0.2) is 18.2 Å². The van der Waals surface area contributed by atoms with E-state index in [-0.39, 0.29) is 6.10 Å². The number of ether oxygens (including phenoxy) is 1. The van der Waals surface area contributed by atoms with Crippen LogP contribution in [0.4, 0.5) is 13.2 Å². The van der Waals surface area contributed by atoms with Crippen molar-refractivity contribution in [2.24, 2.45) is 0 Å². The molecule has 1 aliphatic rings. The van der Waals surface area contributed by atoms with Gasteiger partial charge in [-0.2, -0.15) is 13.2 Å². The van der Waals surface area contributed by atoms with Crippen LogP contribution in [-0.4, -0.2) is 6.10 Å². The molecule has 0 bridgehead atoms. The highest BCUT2D eigenvalue weighted by atomic mass is 19.4. The molecular weight excluding hydrogens is 205 g/mol. The predicted octanol–water partition coefficient (Wildman–Crippen LogP) is 3.42. The minimum atomic E-state index is -4.26. The van der Waals surface area contributed by atoms with Crippen LogP contribution >= 0.6 is 0 Å². The van der Waals surface area contributed by atoms with Gasteiger partial charge in [0, 0.05) is 6.42 Å². The summed E-state index contributed by atoms with van der Waals surface area (Å²) >= 11 is 0. The van der Waals surface area contributed by atoms with E-state index < -0.39 is 11.7 Å². The summed E-state index contributed by atoms with van der Waals surface area (Å²) in [7, 11) is 0. The molecular formula is C11H11F3O. The number of alkyl halides is 3. The van der Waals surface area contributed by atoms with E-state index >= 15 is 0 Å². The highest BCUT2D eigenvalue weighted by Gasteiger charge is 2.32. The van der Waals surface area contributed by atoms with Crippen LogP contribution < -0.4 is 4.74 Å². The maximum absolute atomic E-state index is 12.4. The first-order chi connectivity index (χ1) is 7.00. The van der Waals surface area contributed by atoms with E-state index in [0.717, 1.165) is 12.5 Å². The number of benzene rings is 1. The molecule has 1 nitrogen and oxygen atoms in total. The van der Waals surface area contributed by atoms with Gasteiger partial charge in [-0.05, 0) is 30.2 Å². The van der Waals surface area contributed by atoms with Crippen LogP contribution in [0.3, 0.4) is 0 Å². The van der Waals surface area contributed by atoms with Gasteiger partial charge in [0.1, 0.15) is 11.9 Å². The molecule has 1 heterocycles. The normalized spacial score (nSPS) is 19.9. The lowest BCUT2D eigenvalue weighted by atomic mass is 10.1. The molecule has 1 unspecified atom stereocenters. The van der Waals surface area contributed by atoms with Crippen LogP contribution in [0.1, 0.15) is 24.5 Å². The Bertz CT molecular complexity index is 371.